The van der Waals surface area contributed by atoms with E-state index >= 15 is 0 Å². The summed E-state index contributed by atoms with van der Waals surface area (Å²) >= 11 is 0. The second-order valence-electron chi connectivity index (χ2n) is 3.81. The molecular formula is C11H16N4. The van der Waals surface area contributed by atoms with Gasteiger partial charge < -0.3 is 10.6 Å². The molecule has 0 saturated heterocycles. The Morgan fingerprint density at radius 1 is 1.67 bits per heavy atom. The van der Waals surface area contributed by atoms with E-state index in [1.165, 1.54) is 0 Å². The first kappa shape index (κ1) is 11.3. The summed E-state index contributed by atoms with van der Waals surface area (Å²) in [5.41, 5.74) is 7.50. The lowest BCUT2D eigenvalue weighted by Crippen LogP contribution is -2.24. The van der Waals surface area contributed by atoms with Crippen molar-refractivity contribution in [1.82, 2.24) is 4.98 Å². The Morgan fingerprint density at radius 3 is 2.87 bits per heavy atom. The highest BCUT2D eigenvalue weighted by Gasteiger charge is 2.08. The zero-order valence-corrected chi connectivity index (χ0v) is 9.36. The molecule has 0 radical (unpaired) electrons. The summed E-state index contributed by atoms with van der Waals surface area (Å²) in [6, 6.07) is 4.02. The van der Waals surface area contributed by atoms with E-state index in [1.807, 2.05) is 31.9 Å². The average molecular weight is 204 g/mol. The summed E-state index contributed by atoms with van der Waals surface area (Å²) in [6.45, 7) is 4.46. The number of nitrogens with zero attached hydrogens (tertiary/aromatic N) is 3. The first-order valence-electron chi connectivity index (χ1n) is 4.87. The van der Waals surface area contributed by atoms with E-state index in [-0.39, 0.29) is 5.92 Å². The lowest BCUT2D eigenvalue weighted by molar-refractivity contribution is 0.710. The van der Waals surface area contributed by atoms with E-state index in [4.69, 9.17) is 11.0 Å². The van der Waals surface area contributed by atoms with Crippen molar-refractivity contribution in [2.45, 2.75) is 13.8 Å². The van der Waals surface area contributed by atoms with Crippen LogP contribution in [0.3, 0.4) is 0 Å². The van der Waals surface area contributed by atoms with Gasteiger partial charge in [-0.1, -0.05) is 0 Å². The van der Waals surface area contributed by atoms with Gasteiger partial charge in [-0.2, -0.15) is 5.26 Å². The van der Waals surface area contributed by atoms with Crippen molar-refractivity contribution in [2.24, 2.45) is 5.92 Å². The number of nitrogens with two attached hydrogens (primary N) is 1. The largest absolute Gasteiger partial charge is 0.398 e. The lowest BCUT2D eigenvalue weighted by Gasteiger charge is -2.19. The van der Waals surface area contributed by atoms with Crippen LogP contribution in [0, 0.1) is 24.2 Å². The van der Waals surface area contributed by atoms with Gasteiger partial charge in [0.25, 0.3) is 0 Å². The van der Waals surface area contributed by atoms with Gasteiger partial charge in [-0.25, -0.2) is 4.98 Å². The molecule has 0 amide bonds. The van der Waals surface area contributed by atoms with E-state index < -0.39 is 0 Å². The maximum atomic E-state index is 8.71. The third-order valence-electron chi connectivity index (χ3n) is 2.29. The van der Waals surface area contributed by atoms with Gasteiger partial charge in [0, 0.05) is 31.5 Å². The molecule has 0 aliphatic heterocycles. The van der Waals surface area contributed by atoms with E-state index in [9.17, 15) is 0 Å². The fourth-order valence-electron chi connectivity index (χ4n) is 1.28. The van der Waals surface area contributed by atoms with Crippen molar-refractivity contribution in [3.05, 3.63) is 17.8 Å². The number of nitriles is 1. The predicted octanol–water partition coefficient (Wildman–Crippen LogP) is 1.57. The summed E-state index contributed by atoms with van der Waals surface area (Å²) in [7, 11) is 1.91. The first-order chi connectivity index (χ1) is 7.04. The molecule has 1 rings (SSSR count). The standard InChI is InChI=1S/C11H16N4/c1-8(5-12)7-15(3)11-4-10(13)9(2)6-14-11/h4,6,8H,7H2,1-3H3,(H2,13,14). The summed E-state index contributed by atoms with van der Waals surface area (Å²) in [4.78, 5) is 6.20. The second-order valence-corrected chi connectivity index (χ2v) is 3.81. The zero-order chi connectivity index (χ0) is 11.4. The molecule has 2 N–H and O–H groups in total. The summed E-state index contributed by atoms with van der Waals surface area (Å²) in [5.74, 6) is 0.791. The van der Waals surface area contributed by atoms with E-state index in [1.54, 1.807) is 6.20 Å². The Kier molecular flexibility index (Phi) is 3.51. The Morgan fingerprint density at radius 2 is 2.33 bits per heavy atom. The van der Waals surface area contributed by atoms with E-state index in [0.717, 1.165) is 17.1 Å². The maximum absolute atomic E-state index is 8.71. The van der Waals surface area contributed by atoms with Gasteiger partial charge in [-0.05, 0) is 19.4 Å². The highest BCUT2D eigenvalue weighted by molar-refractivity contribution is 5.54. The predicted molar refractivity (Wildman–Crippen MR) is 61.4 cm³/mol. The molecule has 1 unspecified atom stereocenters. The minimum atomic E-state index is -0.0145. The van der Waals surface area contributed by atoms with Crippen LogP contribution >= 0.6 is 0 Å². The fourth-order valence-corrected chi connectivity index (χ4v) is 1.28. The van der Waals surface area contributed by atoms with Gasteiger partial charge in [0.15, 0.2) is 0 Å². The number of aromatic nitrogens is 1. The van der Waals surface area contributed by atoms with E-state index in [0.29, 0.717) is 6.54 Å². The summed E-state index contributed by atoms with van der Waals surface area (Å²) in [5, 5.41) is 8.71. The number of nitrogen functional groups attached to an aromatic ring is 1. The molecule has 0 aromatic carbocycles. The molecule has 1 atom stereocenters. The Labute approximate surface area is 90.3 Å². The Hall–Kier alpha value is -1.76. The van der Waals surface area contributed by atoms with Gasteiger partial charge in [-0.15, -0.1) is 0 Å². The van der Waals surface area contributed by atoms with E-state index in [2.05, 4.69) is 11.1 Å². The molecule has 15 heavy (non-hydrogen) atoms. The highest BCUT2D eigenvalue weighted by Crippen LogP contribution is 2.17. The van der Waals surface area contributed by atoms with Gasteiger partial charge >= 0.3 is 0 Å². The quantitative estimate of drug-likeness (QED) is 0.811. The molecule has 1 heterocycles. The zero-order valence-electron chi connectivity index (χ0n) is 9.36. The van der Waals surface area contributed by atoms with Crippen LogP contribution in [0.1, 0.15) is 12.5 Å². The van der Waals surface area contributed by atoms with Crippen LogP contribution in [-0.4, -0.2) is 18.6 Å². The second kappa shape index (κ2) is 4.65. The SMILES string of the molecule is Cc1cnc(N(C)CC(C)C#N)cc1N. The minimum Gasteiger partial charge on any atom is -0.398 e. The number of aryl methyl sites for hydroxylation is 1. The van der Waals surface area contributed by atoms with Crippen LogP contribution < -0.4 is 10.6 Å². The first-order valence-corrected chi connectivity index (χ1v) is 4.87. The molecular weight excluding hydrogens is 188 g/mol. The Bertz CT molecular complexity index is 381. The topological polar surface area (TPSA) is 65.9 Å². The van der Waals surface area contributed by atoms with Gasteiger partial charge in [0.05, 0.1) is 12.0 Å². The molecule has 0 saturated carbocycles. The number of hydrogen-bond donors (Lipinski definition) is 1. The molecule has 0 aliphatic carbocycles. The third-order valence-corrected chi connectivity index (χ3v) is 2.29. The van der Waals surface area contributed by atoms with Crippen molar-refractivity contribution in [1.29, 1.82) is 5.26 Å². The lowest BCUT2D eigenvalue weighted by atomic mass is 10.2. The van der Waals surface area contributed by atoms with Crippen LogP contribution in [-0.2, 0) is 0 Å². The number of pyridine rings is 1. The van der Waals surface area contributed by atoms with Gasteiger partial charge in [-0.3, -0.25) is 0 Å². The maximum Gasteiger partial charge on any atom is 0.130 e. The van der Waals surface area contributed by atoms with Crippen LogP contribution in [0.5, 0.6) is 0 Å². The summed E-state index contributed by atoms with van der Waals surface area (Å²) in [6.07, 6.45) is 1.75. The normalized spacial score (nSPS) is 11.9. The average Bonchev–Trinajstić information content (AvgIpc) is 2.21. The number of hydrogen-bond acceptors (Lipinski definition) is 4. The van der Waals surface area contributed by atoms with Crippen LogP contribution in [0.15, 0.2) is 12.3 Å². The molecule has 0 fully saturated rings. The van der Waals surface area contributed by atoms with Gasteiger partial charge in [0.2, 0.25) is 0 Å². The molecule has 1 aromatic heterocycles. The van der Waals surface area contributed by atoms with Crippen molar-refractivity contribution >= 4 is 11.5 Å². The fraction of sp³-hybridized carbons (Fsp3) is 0.455. The molecule has 4 heteroatoms. The van der Waals surface area contributed by atoms with Crippen LogP contribution in [0.25, 0.3) is 0 Å². The number of rotatable bonds is 3. The number of anilines is 2. The van der Waals surface area contributed by atoms with Crippen molar-refractivity contribution in [3.63, 3.8) is 0 Å². The van der Waals surface area contributed by atoms with Gasteiger partial charge in [0.1, 0.15) is 5.82 Å². The summed E-state index contributed by atoms with van der Waals surface area (Å²) < 4.78 is 0. The molecule has 0 bridgehead atoms. The van der Waals surface area contributed by atoms with Crippen molar-refractivity contribution < 1.29 is 0 Å². The van der Waals surface area contributed by atoms with Crippen molar-refractivity contribution in [3.8, 4) is 6.07 Å². The third kappa shape index (κ3) is 2.84. The van der Waals surface area contributed by atoms with Crippen LogP contribution in [0.2, 0.25) is 0 Å². The molecule has 0 aliphatic rings. The minimum absolute atomic E-state index is 0.0145. The molecule has 1 aromatic rings. The molecule has 4 nitrogen and oxygen atoms in total. The highest BCUT2D eigenvalue weighted by atomic mass is 15.2. The Balaban J connectivity index is 2.79. The van der Waals surface area contributed by atoms with Crippen molar-refractivity contribution in [2.75, 3.05) is 24.2 Å². The smallest absolute Gasteiger partial charge is 0.130 e. The van der Waals surface area contributed by atoms with Crippen LogP contribution in [0.4, 0.5) is 11.5 Å². The molecule has 80 valence electrons. The monoisotopic (exact) mass is 204 g/mol. The molecule has 0 spiro atoms.